The van der Waals surface area contributed by atoms with Crippen LogP contribution in [0.25, 0.3) is 0 Å². The van der Waals surface area contributed by atoms with Crippen molar-refractivity contribution in [2.45, 2.75) is 12.6 Å². The fourth-order valence-electron chi connectivity index (χ4n) is 1.83. The molecule has 3 rings (SSSR count). The van der Waals surface area contributed by atoms with Crippen LogP contribution in [-0.2, 0) is 6.54 Å². The van der Waals surface area contributed by atoms with Crippen molar-refractivity contribution in [1.29, 1.82) is 0 Å². The third-order valence-corrected chi connectivity index (χ3v) is 3.17. The Bertz CT molecular complexity index is 642. The van der Waals surface area contributed by atoms with Crippen LogP contribution in [0.2, 0.25) is 0 Å². The van der Waals surface area contributed by atoms with Crippen LogP contribution in [0.4, 0.5) is 5.82 Å². The summed E-state index contributed by atoms with van der Waals surface area (Å²) in [6.07, 6.45) is 2.69. The number of ether oxygens (including phenoxy) is 2. The third kappa shape index (κ3) is 2.57. The summed E-state index contributed by atoms with van der Waals surface area (Å²) in [5.74, 6) is 0.238. The minimum atomic E-state index is -0.555. The first kappa shape index (κ1) is 12.9. The average Bonchev–Trinajstić information content (AvgIpc) is 2.85. The van der Waals surface area contributed by atoms with Crippen LogP contribution in [0.3, 0.4) is 0 Å². The number of fused-ring (bicyclic) bond motifs is 1. The fraction of sp³-hybridized carbons (Fsp3) is 0.273. The standard InChI is InChI=1S/C11H9BrN4O4/c12-7-1-2-10(13-3-7)20-8-4-15-5-9(16(17)18)14-11(15)19-6-8/h1-3,5,8H,4,6H2. The van der Waals surface area contributed by atoms with Gasteiger partial charge in [-0.3, -0.25) is 4.57 Å². The fourth-order valence-corrected chi connectivity index (χ4v) is 2.07. The topological polar surface area (TPSA) is 92.3 Å². The lowest BCUT2D eigenvalue weighted by Gasteiger charge is -2.22. The highest BCUT2D eigenvalue weighted by atomic mass is 79.9. The number of hydrogen-bond donors (Lipinski definition) is 0. The van der Waals surface area contributed by atoms with Crippen molar-refractivity contribution in [3.63, 3.8) is 0 Å². The van der Waals surface area contributed by atoms with Gasteiger partial charge < -0.3 is 19.6 Å². The molecule has 0 saturated carbocycles. The Morgan fingerprint density at radius 1 is 1.55 bits per heavy atom. The minimum absolute atomic E-state index is 0.234. The molecular weight excluding hydrogens is 332 g/mol. The highest BCUT2D eigenvalue weighted by Gasteiger charge is 2.28. The van der Waals surface area contributed by atoms with Gasteiger partial charge in [-0.15, -0.1) is 0 Å². The molecule has 1 unspecified atom stereocenters. The Hall–Kier alpha value is -2.16. The normalized spacial score (nSPS) is 17.1. The SMILES string of the molecule is O=[N+]([O-])c1cn2c(n1)OCC(Oc1ccc(Br)cn1)C2. The van der Waals surface area contributed by atoms with Crippen molar-refractivity contribution >= 4 is 21.7 Å². The predicted octanol–water partition coefficient (Wildman–Crippen LogP) is 1.79. The Morgan fingerprint density at radius 2 is 2.40 bits per heavy atom. The molecule has 2 aromatic heterocycles. The highest BCUT2D eigenvalue weighted by molar-refractivity contribution is 9.10. The van der Waals surface area contributed by atoms with Gasteiger partial charge in [0.05, 0.1) is 6.54 Å². The highest BCUT2D eigenvalue weighted by Crippen LogP contribution is 2.23. The molecule has 20 heavy (non-hydrogen) atoms. The second-order valence-electron chi connectivity index (χ2n) is 4.16. The minimum Gasteiger partial charge on any atom is -0.469 e. The van der Waals surface area contributed by atoms with E-state index in [1.165, 1.54) is 6.20 Å². The van der Waals surface area contributed by atoms with Crippen LogP contribution >= 0.6 is 15.9 Å². The number of aromatic nitrogens is 3. The summed E-state index contributed by atoms with van der Waals surface area (Å²) in [5, 5.41) is 10.7. The maximum atomic E-state index is 10.7. The molecule has 0 fully saturated rings. The largest absolute Gasteiger partial charge is 0.469 e. The Kier molecular flexibility index (Phi) is 3.26. The molecule has 2 aromatic rings. The summed E-state index contributed by atoms with van der Waals surface area (Å²) in [5.41, 5.74) is 0. The molecule has 8 nitrogen and oxygen atoms in total. The first-order valence-corrected chi connectivity index (χ1v) is 6.53. The quantitative estimate of drug-likeness (QED) is 0.624. The number of hydrogen-bond acceptors (Lipinski definition) is 6. The molecule has 0 aliphatic carbocycles. The van der Waals surface area contributed by atoms with E-state index in [-0.39, 0.29) is 24.5 Å². The molecule has 3 heterocycles. The van der Waals surface area contributed by atoms with Gasteiger partial charge in [0.15, 0.2) is 6.10 Å². The average molecular weight is 341 g/mol. The van der Waals surface area contributed by atoms with Gasteiger partial charge in [-0.2, -0.15) is 0 Å². The van der Waals surface area contributed by atoms with Crippen molar-refractivity contribution < 1.29 is 14.4 Å². The Balaban J connectivity index is 1.72. The lowest BCUT2D eigenvalue weighted by Crippen LogP contribution is -2.34. The zero-order valence-corrected chi connectivity index (χ0v) is 11.7. The van der Waals surface area contributed by atoms with Gasteiger partial charge >= 0.3 is 11.8 Å². The molecule has 1 atom stereocenters. The summed E-state index contributed by atoms with van der Waals surface area (Å²) in [6.45, 7) is 0.694. The van der Waals surface area contributed by atoms with Crippen molar-refractivity contribution in [2.75, 3.05) is 6.61 Å². The van der Waals surface area contributed by atoms with E-state index in [4.69, 9.17) is 9.47 Å². The summed E-state index contributed by atoms with van der Waals surface area (Å²) in [7, 11) is 0. The molecule has 0 aromatic carbocycles. The van der Waals surface area contributed by atoms with E-state index in [1.54, 1.807) is 16.8 Å². The van der Waals surface area contributed by atoms with E-state index in [1.807, 2.05) is 6.07 Å². The maximum absolute atomic E-state index is 10.7. The van der Waals surface area contributed by atoms with Gasteiger partial charge in [0.2, 0.25) is 5.88 Å². The van der Waals surface area contributed by atoms with Crippen LogP contribution in [0.1, 0.15) is 0 Å². The number of imidazole rings is 1. The molecule has 1 aliphatic rings. The van der Waals surface area contributed by atoms with E-state index < -0.39 is 4.92 Å². The molecule has 0 bridgehead atoms. The number of nitrogens with zero attached hydrogens (tertiary/aromatic N) is 4. The van der Waals surface area contributed by atoms with Gasteiger partial charge in [-0.05, 0) is 26.9 Å². The van der Waals surface area contributed by atoms with E-state index in [9.17, 15) is 10.1 Å². The summed E-state index contributed by atoms with van der Waals surface area (Å²) >= 11 is 3.29. The van der Waals surface area contributed by atoms with Gasteiger partial charge in [0.25, 0.3) is 0 Å². The third-order valence-electron chi connectivity index (χ3n) is 2.70. The lowest BCUT2D eigenvalue weighted by atomic mass is 10.3. The van der Waals surface area contributed by atoms with Crippen molar-refractivity contribution in [2.24, 2.45) is 0 Å². The summed E-state index contributed by atoms with van der Waals surface area (Å²) in [6, 6.07) is 3.79. The predicted molar refractivity (Wildman–Crippen MR) is 70.7 cm³/mol. The molecule has 9 heteroatoms. The number of nitro groups is 1. The first-order chi connectivity index (χ1) is 9.61. The van der Waals surface area contributed by atoms with Crippen molar-refractivity contribution in [3.05, 3.63) is 39.1 Å². The lowest BCUT2D eigenvalue weighted by molar-refractivity contribution is -0.389. The summed E-state index contributed by atoms with van der Waals surface area (Å²) in [4.78, 5) is 18.0. The molecule has 1 aliphatic heterocycles. The number of rotatable bonds is 3. The van der Waals surface area contributed by atoms with Crippen LogP contribution in [0.15, 0.2) is 29.0 Å². The smallest absolute Gasteiger partial charge is 0.414 e. The molecule has 0 spiro atoms. The van der Waals surface area contributed by atoms with Gasteiger partial charge in [0, 0.05) is 21.7 Å². The number of pyridine rings is 1. The molecule has 0 N–H and O–H groups in total. The van der Waals surface area contributed by atoms with Gasteiger partial charge in [-0.1, -0.05) is 0 Å². The zero-order valence-electron chi connectivity index (χ0n) is 10.1. The van der Waals surface area contributed by atoms with Crippen LogP contribution in [0.5, 0.6) is 11.9 Å². The Morgan fingerprint density at radius 3 is 3.10 bits per heavy atom. The van der Waals surface area contributed by atoms with Gasteiger partial charge in [-0.25, -0.2) is 4.98 Å². The monoisotopic (exact) mass is 340 g/mol. The van der Waals surface area contributed by atoms with E-state index >= 15 is 0 Å². The van der Waals surface area contributed by atoms with Crippen molar-refractivity contribution in [3.8, 4) is 11.9 Å². The molecular formula is C11H9BrN4O4. The first-order valence-electron chi connectivity index (χ1n) is 5.74. The van der Waals surface area contributed by atoms with E-state index in [0.717, 1.165) is 4.47 Å². The molecule has 104 valence electrons. The van der Waals surface area contributed by atoms with Gasteiger partial charge in [0.1, 0.15) is 12.8 Å². The molecule has 0 radical (unpaired) electrons. The zero-order chi connectivity index (χ0) is 14.1. The molecule has 0 amide bonds. The molecule has 0 saturated heterocycles. The Labute approximate surface area is 121 Å². The van der Waals surface area contributed by atoms with E-state index in [2.05, 4.69) is 25.9 Å². The van der Waals surface area contributed by atoms with Crippen LogP contribution in [-0.4, -0.2) is 32.2 Å². The van der Waals surface area contributed by atoms with Crippen LogP contribution in [0, 0.1) is 10.1 Å². The summed E-state index contributed by atoms with van der Waals surface area (Å²) < 4.78 is 13.4. The van der Waals surface area contributed by atoms with Crippen molar-refractivity contribution in [1.82, 2.24) is 14.5 Å². The number of halogens is 1. The second kappa shape index (κ2) is 5.08. The second-order valence-corrected chi connectivity index (χ2v) is 5.07. The van der Waals surface area contributed by atoms with Crippen LogP contribution < -0.4 is 9.47 Å². The van der Waals surface area contributed by atoms with E-state index in [0.29, 0.717) is 12.4 Å². The maximum Gasteiger partial charge on any atom is 0.414 e.